The van der Waals surface area contributed by atoms with Crippen molar-refractivity contribution in [1.82, 2.24) is 4.98 Å². The molecule has 0 spiro atoms. The molecular weight excluding hydrogens is 242 g/mol. The number of nitrogens with two attached hydrogens (primary N) is 1. The van der Waals surface area contributed by atoms with Crippen molar-refractivity contribution in [3.8, 4) is 0 Å². The van der Waals surface area contributed by atoms with Gasteiger partial charge in [0.2, 0.25) is 0 Å². The van der Waals surface area contributed by atoms with Gasteiger partial charge in [0.15, 0.2) is 0 Å². The van der Waals surface area contributed by atoms with Crippen LogP contribution in [0.25, 0.3) is 0 Å². The van der Waals surface area contributed by atoms with Gasteiger partial charge < -0.3 is 11.1 Å². The summed E-state index contributed by atoms with van der Waals surface area (Å²) in [6, 6.07) is 3.86. The average molecular weight is 263 g/mol. The number of anilines is 1. The lowest BCUT2D eigenvalue weighted by Gasteiger charge is -2.08. The van der Waals surface area contributed by atoms with E-state index in [1.165, 1.54) is 0 Å². The van der Waals surface area contributed by atoms with Crippen LogP contribution >= 0.6 is 12.2 Å². The third kappa shape index (κ3) is 2.09. The molecular formula is C14H21N3S. The summed E-state index contributed by atoms with van der Waals surface area (Å²) in [4.78, 5) is 4.47. The van der Waals surface area contributed by atoms with E-state index in [0.29, 0.717) is 27.4 Å². The normalized spacial score (nSPS) is 20.4. The highest BCUT2D eigenvalue weighted by Gasteiger charge is 2.63. The van der Waals surface area contributed by atoms with Crippen LogP contribution in [0.2, 0.25) is 0 Å². The van der Waals surface area contributed by atoms with Crippen LogP contribution in [0.15, 0.2) is 18.3 Å². The first kappa shape index (κ1) is 13.3. The second kappa shape index (κ2) is 4.19. The quantitative estimate of drug-likeness (QED) is 0.820. The number of hydrogen-bond donors (Lipinski definition) is 2. The molecule has 0 atom stereocenters. The first-order valence-electron chi connectivity index (χ1n) is 6.26. The predicted octanol–water partition coefficient (Wildman–Crippen LogP) is 2.81. The van der Waals surface area contributed by atoms with Gasteiger partial charge in [-0.2, -0.15) is 0 Å². The summed E-state index contributed by atoms with van der Waals surface area (Å²) in [5.41, 5.74) is 8.09. The molecule has 98 valence electrons. The molecule has 1 aliphatic carbocycles. The van der Waals surface area contributed by atoms with Gasteiger partial charge in [-0.15, -0.1) is 0 Å². The van der Waals surface area contributed by atoms with E-state index in [9.17, 15) is 0 Å². The van der Waals surface area contributed by atoms with Gasteiger partial charge in [0.25, 0.3) is 0 Å². The lowest BCUT2D eigenvalue weighted by molar-refractivity contribution is 0.457. The van der Waals surface area contributed by atoms with Crippen LogP contribution in [-0.2, 0) is 0 Å². The molecule has 0 aromatic carbocycles. The Morgan fingerprint density at radius 2 is 2.00 bits per heavy atom. The zero-order valence-corrected chi connectivity index (χ0v) is 12.3. The summed E-state index contributed by atoms with van der Waals surface area (Å²) in [5.74, 6) is 0.687. The topological polar surface area (TPSA) is 50.9 Å². The summed E-state index contributed by atoms with van der Waals surface area (Å²) in [5, 5.41) is 3.46. The van der Waals surface area contributed by atoms with Crippen molar-refractivity contribution < 1.29 is 0 Å². The third-order valence-corrected chi connectivity index (χ3v) is 5.05. The summed E-state index contributed by atoms with van der Waals surface area (Å²) in [6.07, 6.45) is 1.74. The van der Waals surface area contributed by atoms with E-state index in [0.717, 1.165) is 12.2 Å². The number of aromatic nitrogens is 1. The first-order chi connectivity index (χ1) is 8.26. The number of nitrogens with zero attached hydrogens (tertiary/aromatic N) is 1. The molecule has 1 fully saturated rings. The fourth-order valence-electron chi connectivity index (χ4n) is 2.74. The molecule has 0 radical (unpaired) electrons. The Morgan fingerprint density at radius 1 is 1.39 bits per heavy atom. The van der Waals surface area contributed by atoms with Crippen LogP contribution in [0, 0.1) is 16.7 Å². The second-order valence-electron chi connectivity index (χ2n) is 6.17. The summed E-state index contributed by atoms with van der Waals surface area (Å²) < 4.78 is 0. The smallest absolute Gasteiger partial charge is 0.122 e. The lowest BCUT2D eigenvalue weighted by atomic mass is 10.0. The van der Waals surface area contributed by atoms with Crippen molar-refractivity contribution in [2.75, 3.05) is 11.9 Å². The zero-order chi connectivity index (χ0) is 13.6. The van der Waals surface area contributed by atoms with Gasteiger partial charge in [0.05, 0.1) is 5.69 Å². The molecule has 18 heavy (non-hydrogen) atoms. The maximum atomic E-state index is 5.58. The number of thiocarbonyl (C=S) groups is 1. The summed E-state index contributed by atoms with van der Waals surface area (Å²) >= 11 is 4.93. The standard InChI is InChI=1S/C14H21N3S/c1-13(2)11(14(13,3)4)8-17-9-5-6-16-10(7-9)12(15)18/h5-7,11H,8H2,1-4H3,(H2,15,18)(H,16,17). The SMILES string of the molecule is CC1(C)C(CNc2ccnc(C(N)=S)c2)C1(C)C. The maximum absolute atomic E-state index is 5.58. The molecule has 1 aliphatic rings. The predicted molar refractivity (Wildman–Crippen MR) is 79.7 cm³/mol. The molecule has 0 saturated heterocycles. The van der Waals surface area contributed by atoms with Gasteiger partial charge >= 0.3 is 0 Å². The molecule has 3 nitrogen and oxygen atoms in total. The summed E-state index contributed by atoms with van der Waals surface area (Å²) in [6.45, 7) is 10.3. The fourth-order valence-corrected chi connectivity index (χ4v) is 2.85. The Kier molecular flexibility index (Phi) is 3.09. The van der Waals surface area contributed by atoms with Gasteiger partial charge in [-0.05, 0) is 28.9 Å². The van der Waals surface area contributed by atoms with Gasteiger partial charge in [-0.3, -0.25) is 4.98 Å². The lowest BCUT2D eigenvalue weighted by Crippen LogP contribution is -2.13. The highest BCUT2D eigenvalue weighted by molar-refractivity contribution is 7.80. The Morgan fingerprint density at radius 3 is 2.50 bits per heavy atom. The maximum Gasteiger partial charge on any atom is 0.122 e. The second-order valence-corrected chi connectivity index (χ2v) is 6.61. The Balaban J connectivity index is 2.00. The molecule has 0 aliphatic heterocycles. The van der Waals surface area contributed by atoms with E-state index >= 15 is 0 Å². The van der Waals surface area contributed by atoms with E-state index in [2.05, 4.69) is 38.0 Å². The van der Waals surface area contributed by atoms with Gasteiger partial charge in [-0.25, -0.2) is 0 Å². The van der Waals surface area contributed by atoms with Crippen molar-refractivity contribution >= 4 is 22.9 Å². The molecule has 3 N–H and O–H groups in total. The summed E-state index contributed by atoms with van der Waals surface area (Å²) in [7, 11) is 0. The number of nitrogens with one attached hydrogen (secondary N) is 1. The fraction of sp³-hybridized carbons (Fsp3) is 0.571. The van der Waals surface area contributed by atoms with Crippen molar-refractivity contribution in [2.45, 2.75) is 27.7 Å². The highest BCUT2D eigenvalue weighted by Crippen LogP contribution is 2.68. The van der Waals surface area contributed by atoms with E-state index in [-0.39, 0.29) is 0 Å². The van der Waals surface area contributed by atoms with Crippen molar-refractivity contribution in [3.05, 3.63) is 24.0 Å². The molecule has 0 bridgehead atoms. The molecule has 2 rings (SSSR count). The molecule has 0 amide bonds. The molecule has 4 heteroatoms. The minimum Gasteiger partial charge on any atom is -0.388 e. The van der Waals surface area contributed by atoms with E-state index in [4.69, 9.17) is 18.0 Å². The van der Waals surface area contributed by atoms with Crippen LogP contribution < -0.4 is 11.1 Å². The number of pyridine rings is 1. The average Bonchev–Trinajstić information content (AvgIpc) is 2.67. The van der Waals surface area contributed by atoms with Crippen LogP contribution in [0.5, 0.6) is 0 Å². The van der Waals surface area contributed by atoms with Crippen LogP contribution in [0.3, 0.4) is 0 Å². The Labute approximate surface area is 114 Å². The third-order valence-electron chi connectivity index (χ3n) is 4.84. The van der Waals surface area contributed by atoms with Crippen LogP contribution in [0.1, 0.15) is 33.4 Å². The highest BCUT2D eigenvalue weighted by atomic mass is 32.1. The van der Waals surface area contributed by atoms with Crippen LogP contribution in [-0.4, -0.2) is 16.5 Å². The monoisotopic (exact) mass is 263 g/mol. The van der Waals surface area contributed by atoms with Crippen molar-refractivity contribution in [2.24, 2.45) is 22.5 Å². The minimum absolute atomic E-state index is 0.339. The molecule has 0 unspecified atom stereocenters. The first-order valence-corrected chi connectivity index (χ1v) is 6.67. The number of hydrogen-bond acceptors (Lipinski definition) is 3. The molecule has 1 aromatic rings. The van der Waals surface area contributed by atoms with E-state index in [1.54, 1.807) is 6.20 Å². The van der Waals surface area contributed by atoms with Crippen molar-refractivity contribution in [3.63, 3.8) is 0 Å². The molecule has 1 heterocycles. The molecule has 1 aromatic heterocycles. The largest absolute Gasteiger partial charge is 0.388 e. The van der Waals surface area contributed by atoms with Gasteiger partial charge in [0.1, 0.15) is 4.99 Å². The molecule has 1 saturated carbocycles. The Hall–Kier alpha value is -1.16. The van der Waals surface area contributed by atoms with Gasteiger partial charge in [0, 0.05) is 18.4 Å². The van der Waals surface area contributed by atoms with Crippen molar-refractivity contribution in [1.29, 1.82) is 0 Å². The zero-order valence-electron chi connectivity index (χ0n) is 11.4. The van der Waals surface area contributed by atoms with E-state index < -0.39 is 0 Å². The number of rotatable bonds is 4. The van der Waals surface area contributed by atoms with E-state index in [1.807, 2.05) is 12.1 Å². The van der Waals surface area contributed by atoms with Crippen LogP contribution in [0.4, 0.5) is 5.69 Å². The Bertz CT molecular complexity index is 466. The minimum atomic E-state index is 0.339. The van der Waals surface area contributed by atoms with Gasteiger partial charge in [-0.1, -0.05) is 39.9 Å².